The number of quaternary nitrogens is 1. The number of carbonyl (C=O) groups is 1. The van der Waals surface area contributed by atoms with Crippen molar-refractivity contribution in [2.75, 3.05) is 32.7 Å². The lowest BCUT2D eigenvalue weighted by molar-refractivity contribution is -0.895. The van der Waals surface area contributed by atoms with E-state index < -0.39 is 10.0 Å². The lowest BCUT2D eigenvalue weighted by atomic mass is 10.2. The van der Waals surface area contributed by atoms with Crippen LogP contribution in [-0.4, -0.2) is 57.4 Å². The van der Waals surface area contributed by atoms with Crippen LogP contribution in [0.4, 0.5) is 0 Å². The van der Waals surface area contributed by atoms with Gasteiger partial charge in [0.05, 0.1) is 31.1 Å². The monoisotopic (exact) mass is 416 g/mol. The highest BCUT2D eigenvalue weighted by Gasteiger charge is 2.32. The number of nitrogens with one attached hydrogen (secondary N) is 2. The zero-order chi connectivity index (χ0) is 17.3. The lowest BCUT2D eigenvalue weighted by Gasteiger charge is -2.31. The molecule has 1 aliphatic heterocycles. The number of aryl methyl sites for hydroxylation is 1. The topological polar surface area (TPSA) is 70.9 Å². The van der Waals surface area contributed by atoms with Crippen molar-refractivity contribution in [2.24, 2.45) is 0 Å². The van der Waals surface area contributed by atoms with E-state index in [1.54, 1.807) is 12.1 Å². The molecule has 3 rings (SSSR count). The minimum atomic E-state index is -3.49. The average molecular weight is 417 g/mol. The highest BCUT2D eigenvalue weighted by atomic mass is 79.9. The van der Waals surface area contributed by atoms with E-state index in [-0.39, 0.29) is 5.91 Å². The number of piperazine rings is 1. The molecule has 0 unspecified atom stereocenters. The predicted octanol–water partition coefficient (Wildman–Crippen LogP) is -0.0747. The molecule has 1 aromatic carbocycles. The molecule has 6 nitrogen and oxygen atoms in total. The van der Waals surface area contributed by atoms with Crippen LogP contribution >= 0.6 is 15.9 Å². The van der Waals surface area contributed by atoms with Gasteiger partial charge in [0.15, 0.2) is 6.54 Å². The zero-order valence-electron chi connectivity index (χ0n) is 13.7. The van der Waals surface area contributed by atoms with Gasteiger partial charge in [-0.25, -0.2) is 8.42 Å². The standard InChI is InChI=1S/C16H22BrN3O3S/c1-12-2-3-13(17)10-15(12)24(22,23)20-8-6-19(7-9-20)11-16(21)18-14-4-5-14/h2-3,10,14H,4-9,11H2,1H3,(H,18,21)/p+1. The quantitative estimate of drug-likeness (QED) is 0.705. The Kier molecular flexibility index (Phi) is 5.29. The molecular weight excluding hydrogens is 394 g/mol. The van der Waals surface area contributed by atoms with Gasteiger partial charge >= 0.3 is 0 Å². The van der Waals surface area contributed by atoms with Crippen molar-refractivity contribution in [3.63, 3.8) is 0 Å². The molecule has 2 N–H and O–H groups in total. The first-order valence-corrected chi connectivity index (χ1v) is 10.5. The molecule has 132 valence electrons. The summed E-state index contributed by atoms with van der Waals surface area (Å²) < 4.78 is 28.0. The number of amides is 1. The highest BCUT2D eigenvalue weighted by molar-refractivity contribution is 9.10. The molecule has 1 aliphatic carbocycles. The summed E-state index contributed by atoms with van der Waals surface area (Å²) >= 11 is 3.34. The van der Waals surface area contributed by atoms with Gasteiger partial charge in [-0.2, -0.15) is 4.31 Å². The van der Waals surface area contributed by atoms with Crippen LogP contribution in [0.15, 0.2) is 27.6 Å². The van der Waals surface area contributed by atoms with E-state index in [2.05, 4.69) is 21.2 Å². The highest BCUT2D eigenvalue weighted by Crippen LogP contribution is 2.23. The van der Waals surface area contributed by atoms with E-state index in [0.717, 1.165) is 27.8 Å². The van der Waals surface area contributed by atoms with Gasteiger partial charge < -0.3 is 10.2 Å². The van der Waals surface area contributed by atoms with E-state index in [9.17, 15) is 13.2 Å². The summed E-state index contributed by atoms with van der Waals surface area (Å²) in [5.74, 6) is 0.0756. The molecular formula is C16H23BrN3O3S+. The normalized spacial score (nSPS) is 20.1. The third kappa shape index (κ3) is 4.17. The molecule has 1 saturated carbocycles. The SMILES string of the molecule is Cc1ccc(Br)cc1S(=O)(=O)N1CC[NH+](CC(=O)NC2CC2)CC1. The number of sulfonamides is 1. The summed E-state index contributed by atoms with van der Waals surface area (Å²) in [5.41, 5.74) is 0.747. The second-order valence-corrected chi connectivity index (χ2v) is 9.40. The molecule has 1 heterocycles. The second kappa shape index (κ2) is 7.11. The Labute approximate surface area is 151 Å². The number of nitrogens with zero attached hydrogens (tertiary/aromatic N) is 1. The average Bonchev–Trinajstić information content (AvgIpc) is 3.34. The number of rotatable bonds is 5. The fourth-order valence-electron chi connectivity index (χ4n) is 2.94. The molecule has 0 bridgehead atoms. The summed E-state index contributed by atoms with van der Waals surface area (Å²) in [6.45, 7) is 4.44. The van der Waals surface area contributed by atoms with Crippen molar-refractivity contribution in [1.29, 1.82) is 0 Å². The lowest BCUT2D eigenvalue weighted by Crippen LogP contribution is -3.15. The number of hydrogen-bond acceptors (Lipinski definition) is 3. The van der Waals surface area contributed by atoms with Crippen LogP contribution in [0.2, 0.25) is 0 Å². The Hall–Kier alpha value is -0.960. The van der Waals surface area contributed by atoms with Gasteiger partial charge in [-0.05, 0) is 37.5 Å². The maximum Gasteiger partial charge on any atom is 0.275 e. The summed E-state index contributed by atoms with van der Waals surface area (Å²) in [6, 6.07) is 5.68. The van der Waals surface area contributed by atoms with E-state index in [1.165, 1.54) is 4.31 Å². The van der Waals surface area contributed by atoms with Crippen LogP contribution in [0, 0.1) is 6.92 Å². The van der Waals surface area contributed by atoms with E-state index >= 15 is 0 Å². The van der Waals surface area contributed by atoms with Crippen molar-refractivity contribution >= 4 is 31.9 Å². The van der Waals surface area contributed by atoms with Gasteiger partial charge in [-0.3, -0.25) is 4.79 Å². The molecule has 1 amide bonds. The van der Waals surface area contributed by atoms with Gasteiger partial charge in [0.1, 0.15) is 0 Å². The first-order valence-electron chi connectivity index (χ1n) is 8.25. The molecule has 8 heteroatoms. The molecule has 1 saturated heterocycles. The summed E-state index contributed by atoms with van der Waals surface area (Å²) in [6.07, 6.45) is 2.16. The van der Waals surface area contributed by atoms with E-state index in [0.29, 0.717) is 43.7 Å². The maximum absolute atomic E-state index is 12.9. The molecule has 0 aromatic heterocycles. The number of benzene rings is 1. The van der Waals surface area contributed by atoms with Crippen molar-refractivity contribution < 1.29 is 18.1 Å². The first-order chi connectivity index (χ1) is 11.4. The van der Waals surface area contributed by atoms with Crippen molar-refractivity contribution in [2.45, 2.75) is 30.7 Å². The molecule has 1 aromatic rings. The van der Waals surface area contributed by atoms with E-state index in [4.69, 9.17) is 0 Å². The molecule has 2 fully saturated rings. The molecule has 0 atom stereocenters. The zero-order valence-corrected chi connectivity index (χ0v) is 16.1. The van der Waals surface area contributed by atoms with Crippen LogP contribution < -0.4 is 10.2 Å². The number of carbonyl (C=O) groups excluding carboxylic acids is 1. The van der Waals surface area contributed by atoms with Crippen molar-refractivity contribution in [3.05, 3.63) is 28.2 Å². The Morgan fingerprint density at radius 2 is 2.00 bits per heavy atom. The molecule has 0 radical (unpaired) electrons. The largest absolute Gasteiger partial charge is 0.348 e. The number of hydrogen-bond donors (Lipinski definition) is 2. The van der Waals surface area contributed by atoms with Gasteiger partial charge in [0.25, 0.3) is 5.91 Å². The van der Waals surface area contributed by atoms with Gasteiger partial charge in [-0.15, -0.1) is 0 Å². The van der Waals surface area contributed by atoms with Crippen molar-refractivity contribution in [1.82, 2.24) is 9.62 Å². The predicted molar refractivity (Wildman–Crippen MR) is 94.4 cm³/mol. The maximum atomic E-state index is 12.9. The fraction of sp³-hybridized carbons (Fsp3) is 0.562. The Balaban J connectivity index is 1.60. The van der Waals surface area contributed by atoms with Crippen LogP contribution in [0.25, 0.3) is 0 Å². The molecule has 2 aliphatic rings. The molecule has 24 heavy (non-hydrogen) atoms. The van der Waals surface area contributed by atoms with Crippen LogP contribution in [0.5, 0.6) is 0 Å². The number of halogens is 1. The van der Waals surface area contributed by atoms with E-state index in [1.807, 2.05) is 13.0 Å². The Bertz CT molecular complexity index is 726. The third-order valence-corrected chi connectivity index (χ3v) is 7.08. The Morgan fingerprint density at radius 3 is 2.62 bits per heavy atom. The minimum Gasteiger partial charge on any atom is -0.348 e. The first kappa shape index (κ1) is 17.8. The summed E-state index contributed by atoms with van der Waals surface area (Å²) in [7, 11) is -3.49. The Morgan fingerprint density at radius 1 is 1.33 bits per heavy atom. The van der Waals surface area contributed by atoms with Crippen LogP contribution in [0.1, 0.15) is 18.4 Å². The molecule has 0 spiro atoms. The summed E-state index contributed by atoms with van der Waals surface area (Å²) in [4.78, 5) is 13.4. The smallest absolute Gasteiger partial charge is 0.275 e. The van der Waals surface area contributed by atoms with Crippen LogP contribution in [-0.2, 0) is 14.8 Å². The van der Waals surface area contributed by atoms with Gasteiger partial charge in [-0.1, -0.05) is 22.0 Å². The fourth-order valence-corrected chi connectivity index (χ4v) is 5.15. The van der Waals surface area contributed by atoms with Crippen molar-refractivity contribution in [3.8, 4) is 0 Å². The third-order valence-electron chi connectivity index (χ3n) is 4.55. The second-order valence-electron chi connectivity index (χ2n) is 6.58. The van der Waals surface area contributed by atoms with Gasteiger partial charge in [0, 0.05) is 10.5 Å². The van der Waals surface area contributed by atoms with Crippen LogP contribution in [0.3, 0.4) is 0 Å². The van der Waals surface area contributed by atoms with Gasteiger partial charge in [0.2, 0.25) is 10.0 Å². The minimum absolute atomic E-state index is 0.0756. The summed E-state index contributed by atoms with van der Waals surface area (Å²) in [5, 5.41) is 2.99.